The number of unbranched alkanes of at least 4 members (excludes halogenated alkanes) is 19. The molecule has 0 radical (unpaired) electrons. The third-order valence-corrected chi connectivity index (χ3v) is 12.3. The van der Waals surface area contributed by atoms with E-state index in [0.29, 0.717) is 19.3 Å². The van der Waals surface area contributed by atoms with Crippen LogP contribution in [0.3, 0.4) is 0 Å². The lowest BCUT2D eigenvalue weighted by molar-refractivity contribution is -0.220. The van der Waals surface area contributed by atoms with Gasteiger partial charge in [0.1, 0.15) is 43.2 Å². The molecule has 6 unspecified atom stereocenters. The number of hydrogen-bond donors (Lipinski definition) is 6. The van der Waals surface area contributed by atoms with Gasteiger partial charge in [-0.2, -0.15) is 0 Å². The number of ether oxygens (including phenoxy) is 2. The molecule has 1 rings (SSSR count). The number of aliphatic hydroxyl groups is 5. The summed E-state index contributed by atoms with van der Waals surface area (Å²) in [6, 6.07) is 0. The molecule has 0 amide bonds. The van der Waals surface area contributed by atoms with Gasteiger partial charge in [-0.05, 0) is 77.0 Å². The van der Waals surface area contributed by atoms with Crippen LogP contribution >= 0.6 is 7.82 Å². The van der Waals surface area contributed by atoms with Crippen LogP contribution in [0.25, 0.3) is 0 Å². The lowest BCUT2D eigenvalue weighted by atomic mass is 9.85. The highest BCUT2D eigenvalue weighted by Gasteiger charge is 2.51. The van der Waals surface area contributed by atoms with E-state index in [4.69, 9.17) is 18.5 Å². The number of rotatable bonds is 41. The first kappa shape index (κ1) is 60.6. The van der Waals surface area contributed by atoms with Gasteiger partial charge in [0.15, 0.2) is 6.10 Å². The Bertz CT molecular complexity index is 1370. The van der Waals surface area contributed by atoms with Crippen LogP contribution < -0.4 is 0 Å². The molecule has 376 valence electrons. The molecule has 0 aromatic rings. The van der Waals surface area contributed by atoms with Crippen LogP contribution in [0.1, 0.15) is 194 Å². The number of phosphoric ester groups is 1. The largest absolute Gasteiger partial charge is 0.472 e. The highest BCUT2D eigenvalue weighted by Crippen LogP contribution is 2.47. The summed E-state index contributed by atoms with van der Waals surface area (Å²) in [4.78, 5) is 35.8. The van der Waals surface area contributed by atoms with Crippen LogP contribution in [-0.4, -0.2) is 98.3 Å². The Balaban J connectivity index is 2.46. The van der Waals surface area contributed by atoms with Crippen molar-refractivity contribution in [2.75, 3.05) is 13.2 Å². The molecule has 0 aromatic carbocycles. The van der Waals surface area contributed by atoms with E-state index in [9.17, 15) is 44.6 Å². The highest BCUT2D eigenvalue weighted by molar-refractivity contribution is 7.47. The average molecular weight is 941 g/mol. The SMILES string of the molecule is CCCCCC/C=C/CCCCCCCCCC(=O)O[C@@H](COC(=O)CCC/C=C/C/C=C/C/C=C/C/C=C/CCCCCCCCC)COP(=O)(O)OC1C(O)C(O)C(O)[C@H](O)C1O. The smallest absolute Gasteiger partial charge is 0.462 e. The van der Waals surface area contributed by atoms with Gasteiger partial charge in [-0.3, -0.25) is 18.6 Å². The van der Waals surface area contributed by atoms with Crippen molar-refractivity contribution < 1.29 is 63.1 Å². The van der Waals surface area contributed by atoms with Crippen molar-refractivity contribution in [3.63, 3.8) is 0 Å². The van der Waals surface area contributed by atoms with E-state index in [0.717, 1.165) is 77.0 Å². The van der Waals surface area contributed by atoms with E-state index in [-0.39, 0.29) is 12.8 Å². The Morgan fingerprint density at radius 3 is 1.34 bits per heavy atom. The maximum absolute atomic E-state index is 12.8. The Hall–Kier alpha value is -2.45. The minimum atomic E-state index is -5.14. The summed E-state index contributed by atoms with van der Waals surface area (Å²) >= 11 is 0. The summed E-state index contributed by atoms with van der Waals surface area (Å²) in [5.74, 6) is -1.17. The van der Waals surface area contributed by atoms with Gasteiger partial charge in [0, 0.05) is 12.8 Å². The Morgan fingerprint density at radius 1 is 0.477 bits per heavy atom. The molecule has 6 N–H and O–H groups in total. The van der Waals surface area contributed by atoms with Gasteiger partial charge >= 0.3 is 19.8 Å². The number of hydrogen-bond acceptors (Lipinski definition) is 12. The van der Waals surface area contributed by atoms with Gasteiger partial charge in [0.25, 0.3) is 0 Å². The van der Waals surface area contributed by atoms with Crippen LogP contribution in [0.2, 0.25) is 0 Å². The fourth-order valence-electron chi connectivity index (χ4n) is 7.27. The van der Waals surface area contributed by atoms with Crippen LogP contribution in [0, 0.1) is 0 Å². The molecule has 8 atom stereocenters. The number of aliphatic hydroxyl groups excluding tert-OH is 5. The Labute approximate surface area is 392 Å². The summed E-state index contributed by atoms with van der Waals surface area (Å²) < 4.78 is 33.5. The van der Waals surface area contributed by atoms with Gasteiger partial charge < -0.3 is 39.9 Å². The second-order valence-corrected chi connectivity index (χ2v) is 18.7. The van der Waals surface area contributed by atoms with Gasteiger partial charge in [-0.1, -0.05) is 164 Å². The third-order valence-electron chi connectivity index (χ3n) is 11.3. The van der Waals surface area contributed by atoms with Gasteiger partial charge in [0.2, 0.25) is 0 Å². The molecule has 65 heavy (non-hydrogen) atoms. The van der Waals surface area contributed by atoms with Gasteiger partial charge in [-0.15, -0.1) is 0 Å². The zero-order valence-corrected chi connectivity index (χ0v) is 40.9. The van der Waals surface area contributed by atoms with Crippen molar-refractivity contribution in [3.8, 4) is 0 Å². The monoisotopic (exact) mass is 941 g/mol. The summed E-state index contributed by atoms with van der Waals surface area (Å²) in [6.07, 6.45) is 37.1. The Morgan fingerprint density at radius 2 is 0.846 bits per heavy atom. The zero-order valence-electron chi connectivity index (χ0n) is 40.0. The fourth-order valence-corrected chi connectivity index (χ4v) is 8.25. The van der Waals surface area contributed by atoms with E-state index in [2.05, 4.69) is 62.5 Å². The number of carbonyl (C=O) groups is 2. The Kier molecular flexibility index (Phi) is 37.8. The molecule has 0 heterocycles. The highest BCUT2D eigenvalue weighted by atomic mass is 31.2. The van der Waals surface area contributed by atoms with E-state index >= 15 is 0 Å². The molecule has 1 aliphatic rings. The zero-order chi connectivity index (χ0) is 47.8. The maximum atomic E-state index is 12.8. The third kappa shape index (κ3) is 32.8. The molecular weight excluding hydrogens is 852 g/mol. The minimum Gasteiger partial charge on any atom is -0.462 e. The topological polar surface area (TPSA) is 210 Å². The molecule has 13 nitrogen and oxygen atoms in total. The van der Waals surface area contributed by atoms with E-state index in [1.165, 1.54) is 70.6 Å². The lowest BCUT2D eigenvalue weighted by Crippen LogP contribution is -2.64. The standard InChI is InChI=1S/C51H89O13P/c1-3-5-7-9-11-13-15-17-19-20-21-22-23-24-26-27-29-31-33-35-37-39-44(52)61-41-43(42-62-65(59,60)64-51-49(57)47(55)46(54)48(56)50(51)58)63-45(53)40-38-36-34-32-30-28-25-18-16-14-12-10-8-6-4-2/h14,16,19-20,22-23,26-27,31,33,43,46-51,54-58H,3-13,15,17-18,21,24-25,28-30,32,34-42H2,1-2H3,(H,59,60)/b16-14+,20-19+,23-22+,27-26+,33-31+/t43-,46?,47-,48?,49?,50?,51?/m0/s1. The van der Waals surface area contributed by atoms with Crippen molar-refractivity contribution >= 4 is 19.8 Å². The summed E-state index contributed by atoms with van der Waals surface area (Å²) in [7, 11) is -5.14. The van der Waals surface area contributed by atoms with Crippen molar-refractivity contribution in [1.82, 2.24) is 0 Å². The molecule has 0 saturated heterocycles. The quantitative estimate of drug-likeness (QED) is 0.0146. The maximum Gasteiger partial charge on any atom is 0.472 e. The number of carbonyl (C=O) groups excluding carboxylic acids is 2. The molecule has 1 aliphatic carbocycles. The molecular formula is C51H89O13P. The van der Waals surface area contributed by atoms with E-state index in [1.54, 1.807) is 0 Å². The minimum absolute atomic E-state index is 0.0780. The molecule has 0 spiro atoms. The van der Waals surface area contributed by atoms with Crippen molar-refractivity contribution in [2.24, 2.45) is 0 Å². The van der Waals surface area contributed by atoms with Gasteiger partial charge in [0.05, 0.1) is 6.61 Å². The summed E-state index contributed by atoms with van der Waals surface area (Å²) in [6.45, 7) is 3.24. The predicted octanol–water partition coefficient (Wildman–Crippen LogP) is 10.5. The second kappa shape index (κ2) is 40.6. The molecule has 0 aliphatic heterocycles. The summed E-state index contributed by atoms with van der Waals surface area (Å²) in [5.41, 5.74) is 0. The first-order valence-electron chi connectivity index (χ1n) is 25.1. The van der Waals surface area contributed by atoms with Crippen LogP contribution in [0.15, 0.2) is 60.8 Å². The van der Waals surface area contributed by atoms with Crippen LogP contribution in [0.5, 0.6) is 0 Å². The predicted molar refractivity (Wildman–Crippen MR) is 258 cm³/mol. The number of phosphoric acid groups is 1. The molecule has 1 fully saturated rings. The van der Waals surface area contributed by atoms with Crippen molar-refractivity contribution in [1.29, 1.82) is 0 Å². The molecule has 0 bridgehead atoms. The number of allylic oxidation sites excluding steroid dienone is 10. The fraction of sp³-hybridized carbons (Fsp3) is 0.765. The van der Waals surface area contributed by atoms with Crippen molar-refractivity contribution in [2.45, 2.75) is 236 Å². The van der Waals surface area contributed by atoms with Crippen molar-refractivity contribution in [3.05, 3.63) is 60.8 Å². The van der Waals surface area contributed by atoms with Gasteiger partial charge in [-0.25, -0.2) is 4.57 Å². The molecule has 14 heteroatoms. The average Bonchev–Trinajstić information content (AvgIpc) is 3.29. The summed E-state index contributed by atoms with van der Waals surface area (Å²) in [5, 5.41) is 50.2. The molecule has 1 saturated carbocycles. The number of esters is 2. The normalized spacial score (nSPS) is 21.9. The van der Waals surface area contributed by atoms with E-state index in [1.807, 2.05) is 12.2 Å². The first-order chi connectivity index (χ1) is 31.4. The lowest BCUT2D eigenvalue weighted by Gasteiger charge is -2.41. The molecule has 0 aromatic heterocycles. The van der Waals surface area contributed by atoms with E-state index < -0.39 is 75.7 Å². The van der Waals surface area contributed by atoms with Crippen LogP contribution in [0.4, 0.5) is 0 Å². The second-order valence-electron chi connectivity index (χ2n) is 17.3. The van der Waals surface area contributed by atoms with Crippen LogP contribution in [-0.2, 0) is 32.7 Å². The first-order valence-corrected chi connectivity index (χ1v) is 26.6.